The molecule has 0 saturated heterocycles. The average Bonchev–Trinajstić information content (AvgIpc) is 2.90. The second-order valence-corrected chi connectivity index (χ2v) is 4.26. The minimum atomic E-state index is -2.76. The molecule has 1 N–H and O–H groups in total. The van der Waals surface area contributed by atoms with E-state index in [4.69, 9.17) is 14.7 Å². The van der Waals surface area contributed by atoms with Crippen LogP contribution in [0, 0.1) is 0 Å². The third-order valence-corrected chi connectivity index (χ3v) is 2.86. The van der Waals surface area contributed by atoms with Crippen LogP contribution in [0.15, 0.2) is 30.5 Å². The Hall–Kier alpha value is -2.64. The molecule has 0 aliphatic rings. The minimum Gasteiger partial charge on any atom is -0.472 e. The molecule has 0 unspecified atom stereocenters. The Labute approximate surface area is 124 Å². The lowest BCUT2D eigenvalue weighted by Crippen LogP contribution is -2.12. The number of benzene rings is 1. The molecule has 22 heavy (non-hydrogen) atoms. The molecule has 1 aromatic heterocycles. The first-order valence-corrected chi connectivity index (χ1v) is 6.47. The van der Waals surface area contributed by atoms with Gasteiger partial charge < -0.3 is 14.7 Å². The van der Waals surface area contributed by atoms with E-state index < -0.39 is 12.4 Å². The number of nitrogens with zero attached hydrogens (tertiary/aromatic N) is 2. The third kappa shape index (κ3) is 3.51. The number of esters is 1. The molecule has 2 aromatic rings. The van der Waals surface area contributed by atoms with Crippen molar-refractivity contribution < 1.29 is 28.3 Å². The first-order chi connectivity index (χ1) is 10.5. The summed E-state index contributed by atoms with van der Waals surface area (Å²) in [7, 11) is 0. The second kappa shape index (κ2) is 6.88. The smallest absolute Gasteiger partial charge is 0.338 e. The highest BCUT2D eigenvalue weighted by Crippen LogP contribution is 2.27. The summed E-state index contributed by atoms with van der Waals surface area (Å²) in [5, 5.41) is 12.6. The predicted octanol–water partition coefficient (Wildman–Crippen LogP) is 2.81. The normalized spacial score (nSPS) is 10.7. The van der Waals surface area contributed by atoms with Gasteiger partial charge in [0, 0.05) is 17.2 Å². The summed E-state index contributed by atoms with van der Waals surface area (Å²) in [4.78, 5) is 12.4. The summed E-state index contributed by atoms with van der Waals surface area (Å²) in [5.41, 5.74) is -0.263. The summed E-state index contributed by atoms with van der Waals surface area (Å²) in [6.45, 7) is 1.46. The number of rotatable bonds is 6. The van der Waals surface area contributed by atoms with Gasteiger partial charge in [0.15, 0.2) is 0 Å². The molecule has 1 aromatic carbocycles. The number of alkyl halides is 2. The number of hydrogen-bond donors (Lipinski definition) is 1. The molecule has 2 rings (SSSR count). The predicted molar refractivity (Wildman–Crippen MR) is 71.1 cm³/mol. The zero-order valence-electron chi connectivity index (χ0n) is 11.7. The Morgan fingerprint density at radius 3 is 2.77 bits per heavy atom. The highest BCUT2D eigenvalue weighted by atomic mass is 19.3. The molecule has 0 atom stereocenters. The SMILES string of the molecule is CCOC(=O)c1cccc(C(F)F)c1COc1ccn(O)n1. The van der Waals surface area contributed by atoms with Crippen LogP contribution in [-0.2, 0) is 11.3 Å². The van der Waals surface area contributed by atoms with Gasteiger partial charge in [-0.3, -0.25) is 0 Å². The fourth-order valence-electron chi connectivity index (χ4n) is 1.89. The highest BCUT2D eigenvalue weighted by molar-refractivity contribution is 5.91. The molecule has 0 bridgehead atoms. The van der Waals surface area contributed by atoms with Gasteiger partial charge in [0.1, 0.15) is 6.61 Å². The Kier molecular flexibility index (Phi) is 4.92. The minimum absolute atomic E-state index is 0.0167. The molecule has 0 aliphatic heterocycles. The molecular weight excluding hydrogens is 298 g/mol. The molecule has 1 heterocycles. The van der Waals surface area contributed by atoms with E-state index >= 15 is 0 Å². The van der Waals surface area contributed by atoms with Crippen LogP contribution in [0.2, 0.25) is 0 Å². The Balaban J connectivity index is 2.30. The first-order valence-electron chi connectivity index (χ1n) is 6.47. The van der Waals surface area contributed by atoms with Crippen LogP contribution in [0.4, 0.5) is 8.78 Å². The maximum Gasteiger partial charge on any atom is 0.338 e. The number of hydrogen-bond acceptors (Lipinski definition) is 5. The fraction of sp³-hybridized carbons (Fsp3) is 0.286. The fourth-order valence-corrected chi connectivity index (χ4v) is 1.89. The molecule has 0 aliphatic carbocycles. The van der Waals surface area contributed by atoms with Gasteiger partial charge in [-0.2, -0.15) is 0 Å². The summed E-state index contributed by atoms with van der Waals surface area (Å²) < 4.78 is 36.3. The van der Waals surface area contributed by atoms with Gasteiger partial charge in [0.2, 0.25) is 5.88 Å². The molecular formula is C14H14F2N2O4. The van der Waals surface area contributed by atoms with E-state index in [9.17, 15) is 13.6 Å². The summed E-state index contributed by atoms with van der Waals surface area (Å²) in [5.74, 6) is -0.655. The van der Waals surface area contributed by atoms with Crippen LogP contribution in [0.5, 0.6) is 5.88 Å². The molecule has 8 heteroatoms. The van der Waals surface area contributed by atoms with Crippen molar-refractivity contribution in [2.45, 2.75) is 20.0 Å². The van der Waals surface area contributed by atoms with Gasteiger partial charge in [0.25, 0.3) is 6.43 Å². The van der Waals surface area contributed by atoms with Crippen LogP contribution in [0.1, 0.15) is 34.8 Å². The first kappa shape index (κ1) is 15.7. The lowest BCUT2D eigenvalue weighted by molar-refractivity contribution is 0.0522. The van der Waals surface area contributed by atoms with E-state index in [1.54, 1.807) is 6.92 Å². The number of carbonyl (C=O) groups is 1. The zero-order chi connectivity index (χ0) is 16.1. The lowest BCUT2D eigenvalue weighted by Gasteiger charge is -2.13. The summed E-state index contributed by atoms with van der Waals surface area (Å²) in [6, 6.07) is 5.33. The Morgan fingerprint density at radius 1 is 1.41 bits per heavy atom. The van der Waals surface area contributed by atoms with Crippen LogP contribution in [0.25, 0.3) is 0 Å². The van der Waals surface area contributed by atoms with E-state index in [1.807, 2.05) is 0 Å². The van der Waals surface area contributed by atoms with Crippen molar-refractivity contribution in [3.05, 3.63) is 47.2 Å². The van der Waals surface area contributed by atoms with E-state index in [-0.39, 0.29) is 35.8 Å². The number of halogens is 2. The van der Waals surface area contributed by atoms with E-state index in [2.05, 4.69) is 5.10 Å². The number of carbonyl (C=O) groups excluding carboxylic acids is 1. The maximum absolute atomic E-state index is 13.1. The monoisotopic (exact) mass is 312 g/mol. The lowest BCUT2D eigenvalue weighted by atomic mass is 10.0. The second-order valence-electron chi connectivity index (χ2n) is 4.26. The van der Waals surface area contributed by atoms with Crippen LogP contribution >= 0.6 is 0 Å². The topological polar surface area (TPSA) is 73.6 Å². The maximum atomic E-state index is 13.1. The van der Waals surface area contributed by atoms with Gasteiger partial charge in [-0.25, -0.2) is 13.6 Å². The molecule has 0 fully saturated rings. The van der Waals surface area contributed by atoms with Crippen molar-refractivity contribution in [1.82, 2.24) is 9.94 Å². The van der Waals surface area contributed by atoms with Gasteiger partial charge >= 0.3 is 5.97 Å². The Morgan fingerprint density at radius 2 is 2.18 bits per heavy atom. The van der Waals surface area contributed by atoms with Crippen molar-refractivity contribution in [2.24, 2.45) is 0 Å². The molecule has 6 nitrogen and oxygen atoms in total. The molecule has 0 amide bonds. The molecule has 0 saturated carbocycles. The Bertz CT molecular complexity index is 658. The van der Waals surface area contributed by atoms with Crippen molar-refractivity contribution in [2.75, 3.05) is 6.61 Å². The van der Waals surface area contributed by atoms with E-state index in [0.717, 1.165) is 0 Å². The van der Waals surface area contributed by atoms with E-state index in [1.165, 1.54) is 30.5 Å². The van der Waals surface area contributed by atoms with Gasteiger partial charge in [-0.05, 0) is 13.0 Å². The van der Waals surface area contributed by atoms with Crippen LogP contribution in [0.3, 0.4) is 0 Å². The van der Waals surface area contributed by atoms with Crippen molar-refractivity contribution >= 4 is 5.97 Å². The third-order valence-electron chi connectivity index (χ3n) is 2.86. The van der Waals surface area contributed by atoms with Crippen molar-refractivity contribution in [3.63, 3.8) is 0 Å². The standard InChI is InChI=1S/C14H14F2N2O4/c1-2-21-14(19)10-5-3-4-9(13(15)16)11(10)8-22-12-6-7-18(20)17-12/h3-7,13,20H,2,8H2,1H3. The van der Waals surface area contributed by atoms with Crippen LogP contribution in [-0.4, -0.2) is 27.7 Å². The highest BCUT2D eigenvalue weighted by Gasteiger charge is 2.21. The summed E-state index contributed by atoms with van der Waals surface area (Å²) in [6.07, 6.45) is -1.54. The molecule has 0 radical (unpaired) electrons. The average molecular weight is 312 g/mol. The quantitative estimate of drug-likeness (QED) is 0.656. The van der Waals surface area contributed by atoms with Gasteiger partial charge in [0.05, 0.1) is 18.4 Å². The largest absolute Gasteiger partial charge is 0.472 e. The van der Waals surface area contributed by atoms with Crippen molar-refractivity contribution in [1.29, 1.82) is 0 Å². The van der Waals surface area contributed by atoms with Gasteiger partial charge in [-0.15, -0.1) is 4.85 Å². The summed E-state index contributed by atoms with van der Waals surface area (Å²) >= 11 is 0. The molecule has 0 spiro atoms. The van der Waals surface area contributed by atoms with Crippen molar-refractivity contribution in [3.8, 4) is 5.88 Å². The number of aromatic nitrogens is 2. The molecule has 118 valence electrons. The van der Waals surface area contributed by atoms with Crippen LogP contribution < -0.4 is 4.74 Å². The zero-order valence-corrected chi connectivity index (χ0v) is 11.7. The van der Waals surface area contributed by atoms with E-state index in [0.29, 0.717) is 4.85 Å². The van der Waals surface area contributed by atoms with Gasteiger partial charge in [-0.1, -0.05) is 17.2 Å². The number of ether oxygens (including phenoxy) is 2.